The molecular formula is C12H19N3O. The molecule has 4 heteroatoms. The van der Waals surface area contributed by atoms with Crippen molar-refractivity contribution in [3.05, 3.63) is 23.8 Å². The lowest BCUT2D eigenvalue weighted by Crippen LogP contribution is -2.39. The van der Waals surface area contributed by atoms with Crippen molar-refractivity contribution in [2.45, 2.75) is 26.8 Å². The number of carbonyl (C=O) groups excluding carboxylic acids is 1. The van der Waals surface area contributed by atoms with E-state index in [1.807, 2.05) is 39.0 Å². The van der Waals surface area contributed by atoms with Gasteiger partial charge in [-0.25, -0.2) is 0 Å². The SMILES string of the molecule is Cc1ccc(N)cc1NC(C(N)=O)C(C)C. The minimum atomic E-state index is -0.375. The Hall–Kier alpha value is -1.71. The fourth-order valence-corrected chi connectivity index (χ4v) is 1.53. The average molecular weight is 221 g/mol. The molecule has 1 atom stereocenters. The van der Waals surface area contributed by atoms with Crippen molar-refractivity contribution < 1.29 is 4.79 Å². The van der Waals surface area contributed by atoms with Gasteiger partial charge < -0.3 is 16.8 Å². The third-order valence-electron chi connectivity index (χ3n) is 2.55. The minimum absolute atomic E-state index is 0.137. The van der Waals surface area contributed by atoms with Crippen LogP contribution in [0.3, 0.4) is 0 Å². The van der Waals surface area contributed by atoms with Crippen molar-refractivity contribution in [3.8, 4) is 0 Å². The van der Waals surface area contributed by atoms with E-state index in [1.54, 1.807) is 0 Å². The number of aryl methyl sites for hydroxylation is 1. The van der Waals surface area contributed by atoms with Crippen LogP contribution in [0.5, 0.6) is 0 Å². The van der Waals surface area contributed by atoms with Crippen LogP contribution < -0.4 is 16.8 Å². The number of anilines is 2. The molecule has 16 heavy (non-hydrogen) atoms. The van der Waals surface area contributed by atoms with E-state index in [-0.39, 0.29) is 17.9 Å². The number of primary amides is 1. The van der Waals surface area contributed by atoms with Crippen molar-refractivity contribution in [2.24, 2.45) is 11.7 Å². The van der Waals surface area contributed by atoms with Crippen molar-refractivity contribution >= 4 is 17.3 Å². The van der Waals surface area contributed by atoms with Gasteiger partial charge in [0.2, 0.25) is 5.91 Å². The van der Waals surface area contributed by atoms with Gasteiger partial charge in [0.25, 0.3) is 0 Å². The van der Waals surface area contributed by atoms with E-state index in [2.05, 4.69) is 5.32 Å². The lowest BCUT2D eigenvalue weighted by Gasteiger charge is -2.21. The second-order valence-electron chi connectivity index (χ2n) is 4.34. The predicted molar refractivity (Wildman–Crippen MR) is 67.0 cm³/mol. The average Bonchev–Trinajstić information content (AvgIpc) is 2.18. The van der Waals surface area contributed by atoms with Crippen molar-refractivity contribution in [1.82, 2.24) is 0 Å². The maximum Gasteiger partial charge on any atom is 0.240 e. The quantitative estimate of drug-likeness (QED) is 0.674. The number of benzene rings is 1. The summed E-state index contributed by atoms with van der Waals surface area (Å²) in [6.07, 6.45) is 0. The number of nitrogen functional groups attached to an aromatic ring is 1. The van der Waals surface area contributed by atoms with E-state index in [1.165, 1.54) is 0 Å². The highest BCUT2D eigenvalue weighted by Gasteiger charge is 2.19. The van der Waals surface area contributed by atoms with Crippen LogP contribution in [0.25, 0.3) is 0 Å². The van der Waals surface area contributed by atoms with Crippen molar-refractivity contribution in [3.63, 3.8) is 0 Å². The highest BCUT2D eigenvalue weighted by molar-refractivity contribution is 5.83. The summed E-state index contributed by atoms with van der Waals surface area (Å²) in [5.74, 6) is -0.213. The standard InChI is InChI=1S/C12H19N3O/c1-7(2)11(12(14)16)15-10-6-9(13)5-4-8(10)3/h4-7,11,15H,13H2,1-3H3,(H2,14,16). The molecule has 0 aliphatic carbocycles. The first-order chi connectivity index (χ1) is 7.41. The number of amides is 1. The minimum Gasteiger partial charge on any atom is -0.399 e. The van der Waals surface area contributed by atoms with E-state index in [0.717, 1.165) is 11.3 Å². The normalized spacial score (nSPS) is 12.5. The van der Waals surface area contributed by atoms with Crippen LogP contribution in [-0.4, -0.2) is 11.9 Å². The number of rotatable bonds is 4. The van der Waals surface area contributed by atoms with Crippen molar-refractivity contribution in [2.75, 3.05) is 11.1 Å². The van der Waals surface area contributed by atoms with Crippen LogP contribution >= 0.6 is 0 Å². The molecule has 0 bridgehead atoms. The lowest BCUT2D eigenvalue weighted by atomic mass is 10.0. The molecule has 1 aromatic rings. The third-order valence-corrected chi connectivity index (χ3v) is 2.55. The Balaban J connectivity index is 2.93. The van der Waals surface area contributed by atoms with Crippen LogP contribution in [0.15, 0.2) is 18.2 Å². The Labute approximate surface area is 96.0 Å². The number of carbonyl (C=O) groups is 1. The summed E-state index contributed by atoms with van der Waals surface area (Å²) < 4.78 is 0. The Kier molecular flexibility index (Phi) is 3.77. The predicted octanol–water partition coefficient (Wildman–Crippen LogP) is 1.50. The summed E-state index contributed by atoms with van der Waals surface area (Å²) in [4.78, 5) is 11.3. The molecule has 1 amide bonds. The number of nitrogens with two attached hydrogens (primary N) is 2. The Morgan fingerprint density at radius 1 is 1.38 bits per heavy atom. The molecule has 0 spiro atoms. The zero-order valence-corrected chi connectivity index (χ0v) is 9.95. The highest BCUT2D eigenvalue weighted by atomic mass is 16.1. The smallest absolute Gasteiger partial charge is 0.240 e. The van der Waals surface area contributed by atoms with E-state index in [9.17, 15) is 4.79 Å². The third kappa shape index (κ3) is 2.89. The number of hydrogen-bond acceptors (Lipinski definition) is 3. The van der Waals surface area contributed by atoms with Crippen LogP contribution in [-0.2, 0) is 4.79 Å². The van der Waals surface area contributed by atoms with E-state index < -0.39 is 0 Å². The molecule has 0 saturated carbocycles. The van der Waals surface area contributed by atoms with Gasteiger partial charge in [0.05, 0.1) is 0 Å². The largest absolute Gasteiger partial charge is 0.399 e. The molecule has 0 radical (unpaired) electrons. The molecule has 0 heterocycles. The molecule has 0 aliphatic rings. The summed E-state index contributed by atoms with van der Waals surface area (Å²) >= 11 is 0. The first-order valence-electron chi connectivity index (χ1n) is 5.33. The van der Waals surface area contributed by atoms with E-state index in [4.69, 9.17) is 11.5 Å². The topological polar surface area (TPSA) is 81.1 Å². The zero-order valence-electron chi connectivity index (χ0n) is 9.95. The summed E-state index contributed by atoms with van der Waals surface area (Å²) in [5, 5.41) is 3.13. The first-order valence-corrected chi connectivity index (χ1v) is 5.33. The second-order valence-corrected chi connectivity index (χ2v) is 4.34. The molecule has 0 fully saturated rings. The van der Waals surface area contributed by atoms with Gasteiger partial charge in [0.1, 0.15) is 6.04 Å². The fraction of sp³-hybridized carbons (Fsp3) is 0.417. The molecule has 1 aromatic carbocycles. The van der Waals surface area contributed by atoms with Gasteiger partial charge >= 0.3 is 0 Å². The zero-order chi connectivity index (χ0) is 12.3. The second kappa shape index (κ2) is 4.88. The molecule has 0 aromatic heterocycles. The molecule has 1 rings (SSSR count). The monoisotopic (exact) mass is 221 g/mol. The molecule has 88 valence electrons. The molecular weight excluding hydrogens is 202 g/mol. The van der Waals surface area contributed by atoms with Gasteiger partial charge in [-0.05, 0) is 30.5 Å². The molecule has 0 aliphatic heterocycles. The molecule has 0 saturated heterocycles. The fourth-order valence-electron chi connectivity index (χ4n) is 1.53. The van der Waals surface area contributed by atoms with Gasteiger partial charge in [-0.1, -0.05) is 19.9 Å². The Morgan fingerprint density at radius 2 is 2.00 bits per heavy atom. The van der Waals surface area contributed by atoms with E-state index in [0.29, 0.717) is 5.69 Å². The highest BCUT2D eigenvalue weighted by Crippen LogP contribution is 2.20. The van der Waals surface area contributed by atoms with E-state index >= 15 is 0 Å². The van der Waals surface area contributed by atoms with Crippen LogP contribution in [0.4, 0.5) is 11.4 Å². The van der Waals surface area contributed by atoms with Gasteiger partial charge in [0.15, 0.2) is 0 Å². The maximum atomic E-state index is 11.3. The van der Waals surface area contributed by atoms with Crippen molar-refractivity contribution in [1.29, 1.82) is 0 Å². The van der Waals surface area contributed by atoms with Gasteiger partial charge in [-0.15, -0.1) is 0 Å². The number of nitrogens with one attached hydrogen (secondary N) is 1. The Morgan fingerprint density at radius 3 is 2.50 bits per heavy atom. The van der Waals surface area contributed by atoms with Crippen LogP contribution in [0.1, 0.15) is 19.4 Å². The lowest BCUT2D eigenvalue weighted by molar-refractivity contribution is -0.119. The van der Waals surface area contributed by atoms with Gasteiger partial charge in [-0.2, -0.15) is 0 Å². The number of hydrogen-bond donors (Lipinski definition) is 3. The maximum absolute atomic E-state index is 11.3. The summed E-state index contributed by atoms with van der Waals surface area (Å²) in [7, 11) is 0. The summed E-state index contributed by atoms with van der Waals surface area (Å²) in [6, 6.07) is 5.18. The molecule has 4 nitrogen and oxygen atoms in total. The Bertz CT molecular complexity index is 388. The summed E-state index contributed by atoms with van der Waals surface area (Å²) in [5.41, 5.74) is 13.6. The van der Waals surface area contributed by atoms with Gasteiger partial charge in [0, 0.05) is 11.4 Å². The summed E-state index contributed by atoms with van der Waals surface area (Å²) in [6.45, 7) is 5.86. The van der Waals surface area contributed by atoms with Gasteiger partial charge in [-0.3, -0.25) is 4.79 Å². The molecule has 5 N–H and O–H groups in total. The van der Waals surface area contributed by atoms with Crippen LogP contribution in [0, 0.1) is 12.8 Å². The first kappa shape index (κ1) is 12.4. The van der Waals surface area contributed by atoms with Crippen LogP contribution in [0.2, 0.25) is 0 Å². The molecule has 1 unspecified atom stereocenters.